The molecule has 0 bridgehead atoms. The van der Waals surface area contributed by atoms with Gasteiger partial charge in [-0.05, 0) is 53.4 Å². The Balaban J connectivity index is 2.80. The van der Waals surface area contributed by atoms with Crippen LogP contribution in [-0.4, -0.2) is 32.6 Å². The van der Waals surface area contributed by atoms with Gasteiger partial charge in [0.25, 0.3) is 0 Å². The Hall–Kier alpha value is -0.640. The van der Waals surface area contributed by atoms with E-state index in [0.29, 0.717) is 25.7 Å². The lowest BCUT2D eigenvalue weighted by Crippen LogP contribution is -2.60. The van der Waals surface area contributed by atoms with Crippen LogP contribution in [0.4, 0.5) is 0 Å². The number of rotatable bonds is 4. The highest BCUT2D eigenvalue weighted by atomic mass is 16.4. The first-order chi connectivity index (χ1) is 8.19. The van der Waals surface area contributed by atoms with E-state index in [0.717, 1.165) is 5.57 Å². The first kappa shape index (κ1) is 15.4. The molecule has 3 nitrogen and oxygen atoms in total. The summed E-state index contributed by atoms with van der Waals surface area (Å²) in [6.07, 6.45) is 4.96. The molecule has 3 heteroatoms. The Labute approximate surface area is 110 Å². The van der Waals surface area contributed by atoms with E-state index in [-0.39, 0.29) is 0 Å². The maximum Gasteiger partial charge on any atom is 0.123 e. The summed E-state index contributed by atoms with van der Waals surface area (Å²) in [7, 11) is 0. The van der Waals surface area contributed by atoms with Crippen LogP contribution < -0.4 is 0 Å². The molecular weight excluding hydrogens is 228 g/mol. The summed E-state index contributed by atoms with van der Waals surface area (Å²) in [4.78, 5) is 0. The van der Waals surface area contributed by atoms with E-state index in [1.807, 2.05) is 26.8 Å². The Bertz CT molecular complexity index is 351. The summed E-state index contributed by atoms with van der Waals surface area (Å²) >= 11 is 0. The third-order valence-corrected chi connectivity index (χ3v) is 3.95. The van der Waals surface area contributed by atoms with Gasteiger partial charge in [0.1, 0.15) is 11.7 Å². The van der Waals surface area contributed by atoms with Gasteiger partial charge in [-0.3, -0.25) is 0 Å². The molecule has 3 atom stereocenters. The SMILES string of the molecule is CC(C)=CCCC(C)(O)C1(O)CCC(C)=CC1O. The average molecular weight is 254 g/mol. The molecule has 0 aromatic heterocycles. The van der Waals surface area contributed by atoms with Crippen molar-refractivity contribution < 1.29 is 15.3 Å². The van der Waals surface area contributed by atoms with Crippen molar-refractivity contribution in [2.24, 2.45) is 0 Å². The van der Waals surface area contributed by atoms with Crippen LogP contribution in [0.1, 0.15) is 53.4 Å². The number of aliphatic hydroxyl groups excluding tert-OH is 1. The second kappa shape index (κ2) is 5.55. The zero-order chi connectivity index (χ0) is 14.0. The lowest BCUT2D eigenvalue weighted by Gasteiger charge is -2.45. The minimum atomic E-state index is -1.44. The second-order valence-corrected chi connectivity index (χ2v) is 5.98. The molecule has 0 aromatic carbocycles. The Morgan fingerprint density at radius 2 is 2.17 bits per heavy atom. The zero-order valence-electron chi connectivity index (χ0n) is 11.9. The molecule has 0 saturated carbocycles. The molecule has 0 fully saturated rings. The van der Waals surface area contributed by atoms with Crippen LogP contribution in [0.3, 0.4) is 0 Å². The molecule has 0 saturated heterocycles. The fraction of sp³-hybridized carbons (Fsp3) is 0.733. The number of hydrogen-bond donors (Lipinski definition) is 3. The Morgan fingerprint density at radius 1 is 1.56 bits per heavy atom. The van der Waals surface area contributed by atoms with Gasteiger partial charge in [0, 0.05) is 0 Å². The predicted octanol–water partition coefficient (Wildman–Crippen LogP) is 2.32. The fourth-order valence-electron chi connectivity index (χ4n) is 2.47. The van der Waals surface area contributed by atoms with E-state index in [4.69, 9.17) is 0 Å². The highest BCUT2D eigenvalue weighted by molar-refractivity contribution is 5.18. The van der Waals surface area contributed by atoms with E-state index in [2.05, 4.69) is 0 Å². The van der Waals surface area contributed by atoms with E-state index in [1.165, 1.54) is 5.57 Å². The summed E-state index contributed by atoms with van der Waals surface area (Å²) in [5.41, 5.74) is -0.470. The largest absolute Gasteiger partial charge is 0.387 e. The number of hydrogen-bond acceptors (Lipinski definition) is 3. The first-order valence-electron chi connectivity index (χ1n) is 6.62. The molecule has 1 aliphatic rings. The summed E-state index contributed by atoms with van der Waals surface area (Å²) in [6.45, 7) is 7.56. The van der Waals surface area contributed by atoms with Crippen molar-refractivity contribution >= 4 is 0 Å². The highest BCUT2D eigenvalue weighted by Gasteiger charge is 2.50. The van der Waals surface area contributed by atoms with Gasteiger partial charge >= 0.3 is 0 Å². The summed E-state index contributed by atoms with van der Waals surface area (Å²) < 4.78 is 0. The second-order valence-electron chi connectivity index (χ2n) is 5.98. The topological polar surface area (TPSA) is 60.7 Å². The van der Waals surface area contributed by atoms with E-state index in [9.17, 15) is 15.3 Å². The molecule has 0 aromatic rings. The van der Waals surface area contributed by atoms with Gasteiger partial charge in [0.05, 0.1) is 5.60 Å². The molecule has 3 unspecified atom stereocenters. The lowest BCUT2D eigenvalue weighted by atomic mass is 9.71. The van der Waals surface area contributed by atoms with Crippen LogP contribution in [-0.2, 0) is 0 Å². The molecule has 104 valence electrons. The van der Waals surface area contributed by atoms with Gasteiger partial charge in [0.2, 0.25) is 0 Å². The average Bonchev–Trinajstić information content (AvgIpc) is 2.23. The molecule has 0 radical (unpaired) electrons. The smallest absolute Gasteiger partial charge is 0.123 e. The van der Waals surface area contributed by atoms with Gasteiger partial charge in [0.15, 0.2) is 0 Å². The first-order valence-corrected chi connectivity index (χ1v) is 6.62. The molecule has 3 N–H and O–H groups in total. The van der Waals surface area contributed by atoms with Crippen molar-refractivity contribution in [3.63, 3.8) is 0 Å². The quantitative estimate of drug-likeness (QED) is 0.675. The van der Waals surface area contributed by atoms with Crippen molar-refractivity contribution in [2.75, 3.05) is 0 Å². The Kier molecular flexibility index (Phi) is 4.76. The van der Waals surface area contributed by atoms with Gasteiger partial charge < -0.3 is 15.3 Å². The Morgan fingerprint density at radius 3 is 2.67 bits per heavy atom. The molecule has 0 spiro atoms. The lowest BCUT2D eigenvalue weighted by molar-refractivity contribution is -0.192. The van der Waals surface area contributed by atoms with Crippen molar-refractivity contribution in [2.45, 2.75) is 70.7 Å². The minimum absolute atomic E-state index is 0.401. The van der Waals surface area contributed by atoms with Crippen molar-refractivity contribution in [1.29, 1.82) is 0 Å². The molecule has 0 amide bonds. The van der Waals surface area contributed by atoms with Crippen LogP contribution in [0.25, 0.3) is 0 Å². The summed E-state index contributed by atoms with van der Waals surface area (Å²) in [6, 6.07) is 0. The zero-order valence-corrected chi connectivity index (χ0v) is 11.9. The predicted molar refractivity (Wildman–Crippen MR) is 73.2 cm³/mol. The van der Waals surface area contributed by atoms with E-state index < -0.39 is 17.3 Å². The van der Waals surface area contributed by atoms with Gasteiger partial charge in [-0.25, -0.2) is 0 Å². The van der Waals surface area contributed by atoms with Crippen molar-refractivity contribution in [1.82, 2.24) is 0 Å². The fourth-order valence-corrected chi connectivity index (χ4v) is 2.47. The maximum absolute atomic E-state index is 10.6. The third-order valence-electron chi connectivity index (χ3n) is 3.95. The van der Waals surface area contributed by atoms with Crippen LogP contribution in [0.5, 0.6) is 0 Å². The van der Waals surface area contributed by atoms with Crippen LogP contribution >= 0.6 is 0 Å². The molecular formula is C15H26O3. The standard InChI is InChI=1S/C15H26O3/c1-11(2)6-5-8-14(4,17)15(18)9-7-12(3)10-13(15)16/h6,10,13,16-18H,5,7-9H2,1-4H3. The van der Waals surface area contributed by atoms with Crippen molar-refractivity contribution in [3.05, 3.63) is 23.3 Å². The maximum atomic E-state index is 10.6. The van der Waals surface area contributed by atoms with Crippen LogP contribution in [0.15, 0.2) is 23.3 Å². The number of allylic oxidation sites excluding steroid dienone is 3. The minimum Gasteiger partial charge on any atom is -0.387 e. The molecule has 0 heterocycles. The summed E-state index contributed by atoms with van der Waals surface area (Å²) in [5, 5.41) is 31.1. The molecule has 1 aliphatic carbocycles. The van der Waals surface area contributed by atoms with Crippen molar-refractivity contribution in [3.8, 4) is 0 Å². The van der Waals surface area contributed by atoms with Crippen LogP contribution in [0.2, 0.25) is 0 Å². The van der Waals surface area contributed by atoms with E-state index in [1.54, 1.807) is 13.0 Å². The molecule has 0 aliphatic heterocycles. The van der Waals surface area contributed by atoms with Gasteiger partial charge in [-0.2, -0.15) is 0 Å². The monoisotopic (exact) mass is 254 g/mol. The highest BCUT2D eigenvalue weighted by Crippen LogP contribution is 2.38. The molecule has 18 heavy (non-hydrogen) atoms. The van der Waals surface area contributed by atoms with E-state index >= 15 is 0 Å². The van der Waals surface area contributed by atoms with Gasteiger partial charge in [-0.15, -0.1) is 0 Å². The van der Waals surface area contributed by atoms with Gasteiger partial charge in [-0.1, -0.05) is 23.3 Å². The third kappa shape index (κ3) is 3.22. The molecule has 1 rings (SSSR count). The normalized spacial score (nSPS) is 31.5. The number of aliphatic hydroxyl groups is 3. The summed E-state index contributed by atoms with van der Waals surface area (Å²) in [5.74, 6) is 0. The van der Waals surface area contributed by atoms with Crippen LogP contribution in [0, 0.1) is 0 Å².